The maximum Gasteiger partial charge on any atom is 0.123 e. The van der Waals surface area contributed by atoms with Gasteiger partial charge in [0.1, 0.15) is 11.6 Å². The number of anilines is 2. The van der Waals surface area contributed by atoms with Gasteiger partial charge in [0.25, 0.3) is 0 Å². The van der Waals surface area contributed by atoms with Gasteiger partial charge in [-0.15, -0.1) is 0 Å². The first-order chi connectivity index (χ1) is 11.5. The largest absolute Gasteiger partial charge is 0.384 e. The van der Waals surface area contributed by atoms with Gasteiger partial charge >= 0.3 is 0 Å². The summed E-state index contributed by atoms with van der Waals surface area (Å²) in [5.74, 6) is 0.973. The first kappa shape index (κ1) is 21.2. The molecular weight excluding hydrogens is 338 g/mol. The molecule has 0 aliphatic carbocycles. The normalized spacial score (nSPS) is 11.8. The van der Waals surface area contributed by atoms with E-state index in [4.69, 9.17) is 26.7 Å². The van der Waals surface area contributed by atoms with Crippen molar-refractivity contribution < 1.29 is 9.47 Å². The highest BCUT2D eigenvalue weighted by Crippen LogP contribution is 2.10. The monoisotopic (exact) mass is 365 g/mol. The van der Waals surface area contributed by atoms with Crippen LogP contribution in [0.3, 0.4) is 0 Å². The van der Waals surface area contributed by atoms with Crippen LogP contribution in [-0.4, -0.2) is 29.2 Å². The Hall–Kier alpha value is -1.87. The molecule has 8 heteroatoms. The SMILES string of the molecule is Cc1cc(N)nc(COC[C@H](CN)OCc2cc(C)cc(N)n2)c1.S. The smallest absolute Gasteiger partial charge is 0.123 e. The van der Waals surface area contributed by atoms with Crippen molar-refractivity contribution in [1.82, 2.24) is 9.97 Å². The van der Waals surface area contributed by atoms with Gasteiger partial charge in [-0.25, -0.2) is 9.97 Å². The third-order valence-corrected chi connectivity index (χ3v) is 3.37. The quantitative estimate of drug-likeness (QED) is 0.647. The maximum absolute atomic E-state index is 5.76. The summed E-state index contributed by atoms with van der Waals surface area (Å²) in [6.07, 6.45) is -0.226. The number of aryl methyl sites for hydroxylation is 2. The minimum atomic E-state index is -0.226. The molecule has 0 aliphatic rings. The highest BCUT2D eigenvalue weighted by molar-refractivity contribution is 7.59. The molecule has 0 unspecified atom stereocenters. The summed E-state index contributed by atoms with van der Waals surface area (Å²) in [6, 6.07) is 7.50. The Morgan fingerprint density at radius 1 is 0.920 bits per heavy atom. The summed E-state index contributed by atoms with van der Waals surface area (Å²) in [6.45, 7) is 5.35. The van der Waals surface area contributed by atoms with E-state index >= 15 is 0 Å². The van der Waals surface area contributed by atoms with Crippen molar-refractivity contribution in [2.75, 3.05) is 24.6 Å². The highest BCUT2D eigenvalue weighted by Gasteiger charge is 2.09. The number of hydrogen-bond donors (Lipinski definition) is 3. The Morgan fingerprint density at radius 2 is 1.44 bits per heavy atom. The van der Waals surface area contributed by atoms with Gasteiger partial charge < -0.3 is 26.7 Å². The third-order valence-electron chi connectivity index (χ3n) is 3.37. The number of pyridine rings is 2. The summed E-state index contributed by atoms with van der Waals surface area (Å²) in [5, 5.41) is 0. The van der Waals surface area contributed by atoms with E-state index in [2.05, 4.69) is 9.97 Å². The first-order valence-corrected chi connectivity index (χ1v) is 7.81. The van der Waals surface area contributed by atoms with Gasteiger partial charge in [-0.3, -0.25) is 0 Å². The summed E-state index contributed by atoms with van der Waals surface area (Å²) < 4.78 is 11.4. The van der Waals surface area contributed by atoms with E-state index < -0.39 is 0 Å². The van der Waals surface area contributed by atoms with Gasteiger partial charge in [0, 0.05) is 6.54 Å². The molecule has 2 heterocycles. The van der Waals surface area contributed by atoms with Gasteiger partial charge in [0.2, 0.25) is 0 Å². The van der Waals surface area contributed by atoms with Crippen molar-refractivity contribution in [3.05, 3.63) is 46.8 Å². The van der Waals surface area contributed by atoms with Crippen molar-refractivity contribution >= 4 is 25.1 Å². The molecule has 0 fully saturated rings. The van der Waals surface area contributed by atoms with Crippen LogP contribution in [0.25, 0.3) is 0 Å². The fourth-order valence-electron chi connectivity index (χ4n) is 2.37. The Labute approximate surface area is 155 Å². The fourth-order valence-corrected chi connectivity index (χ4v) is 2.37. The van der Waals surface area contributed by atoms with Crippen LogP contribution in [0.5, 0.6) is 0 Å². The first-order valence-electron chi connectivity index (χ1n) is 7.81. The maximum atomic E-state index is 5.76. The number of aromatic nitrogens is 2. The number of hydrogen-bond acceptors (Lipinski definition) is 7. The predicted octanol–water partition coefficient (Wildman–Crippen LogP) is 1.43. The van der Waals surface area contributed by atoms with Crippen molar-refractivity contribution in [2.24, 2.45) is 5.73 Å². The van der Waals surface area contributed by atoms with Gasteiger partial charge in [0.15, 0.2) is 0 Å². The van der Waals surface area contributed by atoms with Crippen LogP contribution in [0.4, 0.5) is 11.6 Å². The molecule has 0 saturated carbocycles. The molecule has 138 valence electrons. The van der Waals surface area contributed by atoms with Crippen molar-refractivity contribution in [3.63, 3.8) is 0 Å². The number of nitrogen functional groups attached to an aromatic ring is 2. The van der Waals surface area contributed by atoms with Gasteiger partial charge in [-0.05, 0) is 49.2 Å². The molecule has 0 bridgehead atoms. The summed E-state index contributed by atoms with van der Waals surface area (Å²) in [4.78, 5) is 8.46. The number of ether oxygens (including phenoxy) is 2. The average molecular weight is 366 g/mol. The lowest BCUT2D eigenvalue weighted by Gasteiger charge is -2.16. The molecule has 25 heavy (non-hydrogen) atoms. The van der Waals surface area contributed by atoms with E-state index in [-0.39, 0.29) is 19.6 Å². The topological polar surface area (TPSA) is 122 Å². The van der Waals surface area contributed by atoms with Crippen LogP contribution in [-0.2, 0) is 22.7 Å². The van der Waals surface area contributed by atoms with E-state index in [1.807, 2.05) is 38.1 Å². The lowest BCUT2D eigenvalue weighted by atomic mass is 10.2. The second-order valence-corrected chi connectivity index (χ2v) is 5.81. The zero-order valence-electron chi connectivity index (χ0n) is 14.7. The molecule has 0 amide bonds. The van der Waals surface area contributed by atoms with Gasteiger partial charge in [-0.2, -0.15) is 13.5 Å². The average Bonchev–Trinajstić information content (AvgIpc) is 2.48. The lowest BCUT2D eigenvalue weighted by molar-refractivity contribution is -0.0261. The van der Waals surface area contributed by atoms with Crippen molar-refractivity contribution in [2.45, 2.75) is 33.2 Å². The lowest BCUT2D eigenvalue weighted by Crippen LogP contribution is -2.29. The molecule has 6 N–H and O–H groups in total. The van der Waals surface area contributed by atoms with E-state index in [1.54, 1.807) is 0 Å². The minimum Gasteiger partial charge on any atom is -0.384 e. The molecule has 2 aromatic rings. The fraction of sp³-hybridized carbons (Fsp3) is 0.412. The number of nitrogens with zero attached hydrogens (tertiary/aromatic N) is 2. The van der Waals surface area contributed by atoms with E-state index in [9.17, 15) is 0 Å². The standard InChI is InChI=1S/C17H25N5O2.H2S/c1-11-3-13(21-16(19)5-11)8-23-10-15(7-18)24-9-14-4-12(2)6-17(20)22-14;/h3-6,15H,7-10,18H2,1-2H3,(H2,19,21)(H2,20,22);1H2/t15-;/m0./s1. The molecule has 7 nitrogen and oxygen atoms in total. The van der Waals surface area contributed by atoms with Gasteiger partial charge in [0.05, 0.1) is 37.3 Å². The molecule has 0 saturated heterocycles. The molecule has 2 aromatic heterocycles. The molecule has 0 aromatic carbocycles. The number of rotatable bonds is 8. The van der Waals surface area contributed by atoms with Crippen LogP contribution < -0.4 is 17.2 Å². The summed E-state index contributed by atoms with van der Waals surface area (Å²) >= 11 is 0. The Kier molecular flexibility index (Phi) is 8.64. The molecular formula is C17H27N5O2S. The second kappa shape index (κ2) is 10.2. The third kappa shape index (κ3) is 7.27. The van der Waals surface area contributed by atoms with E-state index in [1.165, 1.54) is 0 Å². The van der Waals surface area contributed by atoms with Crippen LogP contribution in [0.1, 0.15) is 22.5 Å². The van der Waals surface area contributed by atoms with E-state index in [0.717, 1.165) is 22.5 Å². The Morgan fingerprint density at radius 3 is 1.92 bits per heavy atom. The molecule has 1 atom stereocenters. The molecule has 0 aliphatic heterocycles. The van der Waals surface area contributed by atoms with Crippen LogP contribution in [0.15, 0.2) is 24.3 Å². The van der Waals surface area contributed by atoms with Crippen molar-refractivity contribution in [1.29, 1.82) is 0 Å². The molecule has 0 radical (unpaired) electrons. The zero-order chi connectivity index (χ0) is 17.5. The van der Waals surface area contributed by atoms with E-state index in [0.29, 0.717) is 38.0 Å². The summed E-state index contributed by atoms with van der Waals surface area (Å²) in [7, 11) is 0. The number of nitrogens with two attached hydrogens (primary N) is 3. The van der Waals surface area contributed by atoms with Crippen LogP contribution in [0.2, 0.25) is 0 Å². The predicted molar refractivity (Wildman–Crippen MR) is 104 cm³/mol. The Bertz CT molecular complexity index is 644. The van der Waals surface area contributed by atoms with Crippen LogP contribution in [0, 0.1) is 13.8 Å². The van der Waals surface area contributed by atoms with Crippen molar-refractivity contribution in [3.8, 4) is 0 Å². The molecule has 2 rings (SSSR count). The van der Waals surface area contributed by atoms with Gasteiger partial charge in [-0.1, -0.05) is 0 Å². The minimum absolute atomic E-state index is 0. The second-order valence-electron chi connectivity index (χ2n) is 5.81. The highest BCUT2D eigenvalue weighted by atomic mass is 32.1. The molecule has 0 spiro atoms. The van der Waals surface area contributed by atoms with Crippen LogP contribution >= 0.6 is 13.5 Å². The zero-order valence-corrected chi connectivity index (χ0v) is 15.7. The Balaban J connectivity index is 0.00000312. The summed E-state index contributed by atoms with van der Waals surface area (Å²) in [5.41, 5.74) is 20.9.